The summed E-state index contributed by atoms with van der Waals surface area (Å²) in [6.45, 7) is 1.70. The number of carbonyl (C=O) groups excluding carboxylic acids is 2. The Hall–Kier alpha value is -3.88. The number of halogens is 1. The Morgan fingerprint density at radius 3 is 2.44 bits per heavy atom. The van der Waals surface area contributed by atoms with Crippen LogP contribution < -0.4 is 14.8 Å². The summed E-state index contributed by atoms with van der Waals surface area (Å²) in [6, 6.07) is 9.88. The van der Waals surface area contributed by atoms with Gasteiger partial charge in [-0.1, -0.05) is 23.4 Å². The van der Waals surface area contributed by atoms with E-state index < -0.39 is 23.7 Å². The first-order valence-electron chi connectivity index (χ1n) is 9.87. The minimum absolute atomic E-state index is 0.222. The number of hydrogen-bond acceptors (Lipinski definition) is 6. The molecule has 2 amide bonds. The first kappa shape index (κ1) is 21.4. The lowest BCUT2D eigenvalue weighted by molar-refractivity contribution is -0.119. The maximum Gasteiger partial charge on any atom is 0.254 e. The van der Waals surface area contributed by atoms with Gasteiger partial charge in [-0.2, -0.15) is 0 Å². The van der Waals surface area contributed by atoms with Crippen LogP contribution in [0.15, 0.2) is 47.0 Å². The number of aromatic nitrogens is 1. The van der Waals surface area contributed by atoms with E-state index in [2.05, 4.69) is 10.5 Å². The third-order valence-corrected chi connectivity index (χ3v) is 5.56. The number of anilines is 1. The number of fused-ring (bicyclic) bond motifs is 1. The van der Waals surface area contributed by atoms with Gasteiger partial charge in [-0.15, -0.1) is 0 Å². The zero-order chi connectivity index (χ0) is 23.0. The van der Waals surface area contributed by atoms with E-state index in [0.29, 0.717) is 22.8 Å². The minimum atomic E-state index is -0.957. The van der Waals surface area contributed by atoms with Crippen molar-refractivity contribution in [2.75, 3.05) is 26.6 Å². The summed E-state index contributed by atoms with van der Waals surface area (Å²) in [6.07, 6.45) is 0. The summed E-state index contributed by atoms with van der Waals surface area (Å²) in [5, 5.41) is 6.53. The molecular weight excluding hydrogens is 417 g/mol. The van der Waals surface area contributed by atoms with Crippen molar-refractivity contribution in [2.45, 2.75) is 18.9 Å². The van der Waals surface area contributed by atoms with Gasteiger partial charge in [0.05, 0.1) is 26.2 Å². The molecule has 8 nitrogen and oxygen atoms in total. The number of aryl methyl sites for hydroxylation is 1. The van der Waals surface area contributed by atoms with Gasteiger partial charge in [-0.25, -0.2) is 4.39 Å². The number of hydrogen-bond donors (Lipinski definition) is 1. The van der Waals surface area contributed by atoms with Crippen LogP contribution in [0.4, 0.5) is 10.2 Å². The number of methoxy groups -OCH3 is 2. The predicted molar refractivity (Wildman–Crippen MR) is 113 cm³/mol. The smallest absolute Gasteiger partial charge is 0.254 e. The van der Waals surface area contributed by atoms with Gasteiger partial charge in [0, 0.05) is 24.2 Å². The molecule has 4 rings (SSSR count). The van der Waals surface area contributed by atoms with Crippen molar-refractivity contribution in [2.24, 2.45) is 0 Å². The maximum atomic E-state index is 14.8. The van der Waals surface area contributed by atoms with Crippen LogP contribution in [-0.4, -0.2) is 43.1 Å². The summed E-state index contributed by atoms with van der Waals surface area (Å²) in [7, 11) is 4.46. The second-order valence-corrected chi connectivity index (χ2v) is 7.47. The maximum absolute atomic E-state index is 14.8. The van der Waals surface area contributed by atoms with Crippen LogP contribution in [0.2, 0.25) is 0 Å². The van der Waals surface area contributed by atoms with Crippen LogP contribution in [0.25, 0.3) is 0 Å². The van der Waals surface area contributed by atoms with E-state index in [-0.39, 0.29) is 22.9 Å². The van der Waals surface area contributed by atoms with Gasteiger partial charge >= 0.3 is 0 Å². The molecular formula is C23H22FN3O5. The Kier molecular flexibility index (Phi) is 5.56. The van der Waals surface area contributed by atoms with Gasteiger partial charge < -0.3 is 24.2 Å². The molecule has 1 aliphatic rings. The zero-order valence-electron chi connectivity index (χ0n) is 18.0. The molecule has 32 heavy (non-hydrogen) atoms. The molecule has 3 aromatic rings. The highest BCUT2D eigenvalue weighted by molar-refractivity contribution is 6.04. The van der Waals surface area contributed by atoms with E-state index in [1.54, 1.807) is 44.3 Å². The molecule has 0 bridgehead atoms. The average Bonchev–Trinajstić information content (AvgIpc) is 3.20. The molecule has 1 N–H and O–H groups in total. The van der Waals surface area contributed by atoms with Crippen molar-refractivity contribution in [1.82, 2.24) is 10.1 Å². The van der Waals surface area contributed by atoms with Crippen LogP contribution in [0.5, 0.6) is 11.5 Å². The van der Waals surface area contributed by atoms with Crippen LogP contribution in [-0.2, 0) is 4.79 Å². The summed E-state index contributed by atoms with van der Waals surface area (Å²) in [5.41, 5.74) is 0.895. The number of ether oxygens (including phenoxy) is 2. The van der Waals surface area contributed by atoms with Gasteiger partial charge in [0.15, 0.2) is 17.3 Å². The van der Waals surface area contributed by atoms with Crippen molar-refractivity contribution < 1.29 is 28.0 Å². The largest absolute Gasteiger partial charge is 0.493 e. The lowest BCUT2D eigenvalue weighted by Gasteiger charge is -2.40. The van der Waals surface area contributed by atoms with Gasteiger partial charge in [0.1, 0.15) is 11.6 Å². The number of nitrogens with one attached hydrogen (secondary N) is 1. The fraction of sp³-hybridized carbons (Fsp3) is 0.261. The standard InChI is InChI=1S/C23H22FN3O5/c1-12-9-19(26-32-12)25-22(28)20-14-10-17(30-3)18(31-4)11-15(14)23(29)27(2)21(20)13-7-5-6-8-16(13)24/h5-11,20-21H,1-4H3,(H,25,26,28)/t20-,21-/m1/s1. The summed E-state index contributed by atoms with van der Waals surface area (Å²) in [5.74, 6) is -0.864. The summed E-state index contributed by atoms with van der Waals surface area (Å²) in [4.78, 5) is 28.1. The Morgan fingerprint density at radius 1 is 1.12 bits per heavy atom. The number of carbonyl (C=O) groups is 2. The second-order valence-electron chi connectivity index (χ2n) is 7.47. The average molecular weight is 439 g/mol. The predicted octanol–water partition coefficient (Wildman–Crippen LogP) is 3.69. The molecule has 2 aromatic carbocycles. The fourth-order valence-corrected chi connectivity index (χ4v) is 4.06. The van der Waals surface area contributed by atoms with E-state index >= 15 is 0 Å². The SMILES string of the molecule is COc1cc2c(cc1OC)[C@@H](C(=O)Nc1cc(C)on1)[C@@H](c1ccccc1F)N(C)C2=O. The van der Waals surface area contributed by atoms with Gasteiger partial charge in [-0.3, -0.25) is 9.59 Å². The van der Waals surface area contributed by atoms with Crippen molar-refractivity contribution in [1.29, 1.82) is 0 Å². The Labute approximate surface area is 183 Å². The molecule has 1 aliphatic heterocycles. The molecule has 0 spiro atoms. The van der Waals surface area contributed by atoms with E-state index in [9.17, 15) is 14.0 Å². The summed E-state index contributed by atoms with van der Waals surface area (Å²) >= 11 is 0. The monoisotopic (exact) mass is 439 g/mol. The van der Waals surface area contributed by atoms with Crippen LogP contribution >= 0.6 is 0 Å². The lowest BCUT2D eigenvalue weighted by atomic mass is 9.79. The van der Waals surface area contributed by atoms with Crippen molar-refractivity contribution >= 4 is 17.6 Å². The molecule has 166 valence electrons. The van der Waals surface area contributed by atoms with E-state index in [4.69, 9.17) is 14.0 Å². The van der Waals surface area contributed by atoms with E-state index in [0.717, 1.165) is 0 Å². The van der Waals surface area contributed by atoms with Gasteiger partial charge in [0.25, 0.3) is 5.91 Å². The van der Waals surface area contributed by atoms with Crippen LogP contribution in [0.3, 0.4) is 0 Å². The third kappa shape index (κ3) is 3.55. The molecule has 0 saturated heterocycles. The highest BCUT2D eigenvalue weighted by Gasteiger charge is 2.44. The summed E-state index contributed by atoms with van der Waals surface area (Å²) < 4.78 is 30.6. The molecule has 0 aliphatic carbocycles. The van der Waals surface area contributed by atoms with Crippen molar-refractivity contribution in [3.8, 4) is 11.5 Å². The Bertz CT molecular complexity index is 1190. The molecule has 0 radical (unpaired) electrons. The normalized spacial score (nSPS) is 17.7. The number of rotatable bonds is 5. The zero-order valence-corrected chi connectivity index (χ0v) is 18.0. The minimum Gasteiger partial charge on any atom is -0.493 e. The topological polar surface area (TPSA) is 93.9 Å². The molecule has 2 atom stereocenters. The highest BCUT2D eigenvalue weighted by atomic mass is 19.1. The highest BCUT2D eigenvalue weighted by Crippen LogP contribution is 2.46. The van der Waals surface area contributed by atoms with E-state index in [1.807, 2.05) is 0 Å². The number of nitrogens with zero attached hydrogens (tertiary/aromatic N) is 2. The van der Waals surface area contributed by atoms with E-state index in [1.165, 1.54) is 31.3 Å². The Morgan fingerprint density at radius 2 is 1.81 bits per heavy atom. The molecule has 1 aromatic heterocycles. The van der Waals surface area contributed by atoms with Gasteiger partial charge in [0.2, 0.25) is 5.91 Å². The fourth-order valence-electron chi connectivity index (χ4n) is 4.06. The van der Waals surface area contributed by atoms with Crippen LogP contribution in [0, 0.1) is 12.7 Å². The number of amides is 2. The second kappa shape index (κ2) is 8.33. The molecule has 9 heteroatoms. The molecule has 2 heterocycles. The Balaban J connectivity index is 1.91. The molecule has 0 fully saturated rings. The number of likely N-dealkylation sites (N-methyl/N-ethyl adjacent to an activating group) is 1. The molecule has 0 unspecified atom stereocenters. The quantitative estimate of drug-likeness (QED) is 0.652. The van der Waals surface area contributed by atoms with Crippen molar-refractivity contribution in [3.63, 3.8) is 0 Å². The third-order valence-electron chi connectivity index (χ3n) is 5.56. The first-order valence-corrected chi connectivity index (χ1v) is 9.87. The van der Waals surface area contributed by atoms with Gasteiger partial charge in [-0.05, 0) is 30.7 Å². The lowest BCUT2D eigenvalue weighted by Crippen LogP contribution is -2.44. The first-order chi connectivity index (χ1) is 15.3. The molecule has 0 saturated carbocycles. The van der Waals surface area contributed by atoms with Crippen molar-refractivity contribution in [3.05, 3.63) is 70.7 Å². The number of benzene rings is 2. The van der Waals surface area contributed by atoms with Crippen LogP contribution in [0.1, 0.15) is 39.2 Å².